The Labute approximate surface area is 156 Å². The lowest BCUT2D eigenvalue weighted by Gasteiger charge is -2.17. The molecular formula is C17H22N5O4P. The van der Waals surface area contributed by atoms with E-state index in [1.165, 1.54) is 6.33 Å². The molecule has 2 aromatic heterocycles. The van der Waals surface area contributed by atoms with Gasteiger partial charge in [0.05, 0.1) is 19.0 Å². The Bertz CT molecular complexity index is 933. The minimum absolute atomic E-state index is 0.327. The summed E-state index contributed by atoms with van der Waals surface area (Å²) in [4.78, 5) is 22.8. The van der Waals surface area contributed by atoms with Gasteiger partial charge < -0.3 is 24.0 Å². The Morgan fingerprint density at radius 1 is 1.26 bits per heavy atom. The van der Waals surface area contributed by atoms with Gasteiger partial charge in [0.15, 0.2) is 17.8 Å². The molecule has 3 aromatic rings. The van der Waals surface area contributed by atoms with Gasteiger partial charge >= 0.3 is 7.60 Å². The molecule has 0 aliphatic rings. The van der Waals surface area contributed by atoms with Gasteiger partial charge in [0.2, 0.25) is 0 Å². The van der Waals surface area contributed by atoms with E-state index in [2.05, 4.69) is 20.3 Å². The van der Waals surface area contributed by atoms with Gasteiger partial charge in [-0.05, 0) is 26.0 Å². The molecule has 1 aromatic carbocycles. The van der Waals surface area contributed by atoms with E-state index in [1.54, 1.807) is 43.6 Å². The van der Waals surface area contributed by atoms with Crippen LogP contribution in [-0.4, -0.2) is 43.4 Å². The quantitative estimate of drug-likeness (QED) is 0.536. The zero-order valence-electron chi connectivity index (χ0n) is 15.1. The molecule has 0 spiro atoms. The summed E-state index contributed by atoms with van der Waals surface area (Å²) in [6, 6.07) is 8.49. The lowest BCUT2D eigenvalue weighted by atomic mass is 10.3. The fraction of sp³-hybridized carbons (Fsp3) is 0.353. The summed E-state index contributed by atoms with van der Waals surface area (Å²) in [5, 5.41) is 3.14. The highest BCUT2D eigenvalue weighted by Crippen LogP contribution is 2.42. The molecule has 0 saturated carbocycles. The van der Waals surface area contributed by atoms with Crippen LogP contribution >= 0.6 is 7.60 Å². The minimum Gasteiger partial charge on any atom is -0.423 e. The fourth-order valence-corrected chi connectivity index (χ4v) is 3.48. The number of benzene rings is 1. The molecule has 0 saturated heterocycles. The van der Waals surface area contributed by atoms with Gasteiger partial charge in [0, 0.05) is 6.54 Å². The average molecular weight is 391 g/mol. The van der Waals surface area contributed by atoms with Crippen LogP contribution in [0.5, 0.6) is 5.75 Å². The Morgan fingerprint density at radius 2 is 2.04 bits per heavy atom. The SMILES string of the molecule is CCNc1ncnc2c1ncn2C[C@@H](C)OCP(=O)(O)Oc1ccccc1. The van der Waals surface area contributed by atoms with Crippen LogP contribution in [0.2, 0.25) is 0 Å². The molecule has 27 heavy (non-hydrogen) atoms. The van der Waals surface area contributed by atoms with Crippen molar-refractivity contribution in [2.75, 3.05) is 18.2 Å². The molecule has 10 heteroatoms. The number of anilines is 1. The second-order valence-electron chi connectivity index (χ2n) is 5.97. The van der Waals surface area contributed by atoms with Crippen LogP contribution in [0.1, 0.15) is 13.8 Å². The van der Waals surface area contributed by atoms with Crippen molar-refractivity contribution in [1.82, 2.24) is 19.5 Å². The van der Waals surface area contributed by atoms with E-state index in [1.807, 2.05) is 11.5 Å². The first-order chi connectivity index (χ1) is 13.0. The number of ether oxygens (including phenoxy) is 1. The average Bonchev–Trinajstić information content (AvgIpc) is 3.05. The van der Waals surface area contributed by atoms with Crippen molar-refractivity contribution in [3.63, 3.8) is 0 Å². The van der Waals surface area contributed by atoms with Gasteiger partial charge in [-0.25, -0.2) is 19.5 Å². The molecule has 0 radical (unpaired) electrons. The third-order valence-electron chi connectivity index (χ3n) is 3.71. The monoisotopic (exact) mass is 391 g/mol. The minimum atomic E-state index is -3.91. The molecule has 0 aliphatic carbocycles. The summed E-state index contributed by atoms with van der Waals surface area (Å²) in [6.45, 7) is 4.93. The number of aromatic nitrogens is 4. The van der Waals surface area contributed by atoms with Crippen LogP contribution in [0.4, 0.5) is 5.82 Å². The van der Waals surface area contributed by atoms with Crippen molar-refractivity contribution < 1.29 is 18.7 Å². The summed E-state index contributed by atoms with van der Waals surface area (Å²) in [6.07, 6.45) is 2.37. The van der Waals surface area contributed by atoms with Crippen LogP contribution in [0, 0.1) is 0 Å². The Balaban J connectivity index is 1.61. The third kappa shape index (κ3) is 5.03. The highest BCUT2D eigenvalue weighted by Gasteiger charge is 2.23. The maximum absolute atomic E-state index is 12.2. The molecule has 2 atom stereocenters. The zero-order chi connectivity index (χ0) is 19.3. The standard InChI is InChI=1S/C17H22N5O4P/c1-3-18-16-15-17(20-10-19-16)22(11-21-15)9-13(2)25-12-27(23,24)26-14-7-5-4-6-8-14/h4-8,10-11,13H,3,9,12H2,1-2H3,(H,23,24)(H,18,19,20)/t13-/m1/s1. The van der Waals surface area contributed by atoms with E-state index in [9.17, 15) is 9.46 Å². The lowest BCUT2D eigenvalue weighted by Crippen LogP contribution is -2.18. The molecule has 0 aliphatic heterocycles. The summed E-state index contributed by atoms with van der Waals surface area (Å²) in [5.41, 5.74) is 1.34. The second kappa shape index (κ2) is 8.47. The van der Waals surface area contributed by atoms with E-state index >= 15 is 0 Å². The highest BCUT2D eigenvalue weighted by atomic mass is 31.2. The molecule has 9 nitrogen and oxygen atoms in total. The third-order valence-corrected chi connectivity index (χ3v) is 4.68. The van der Waals surface area contributed by atoms with E-state index in [0.717, 1.165) is 6.54 Å². The molecule has 2 heterocycles. The van der Waals surface area contributed by atoms with Gasteiger partial charge in [-0.1, -0.05) is 18.2 Å². The first-order valence-electron chi connectivity index (χ1n) is 8.56. The molecule has 0 bridgehead atoms. The zero-order valence-corrected chi connectivity index (χ0v) is 16.0. The predicted octanol–water partition coefficient (Wildman–Crippen LogP) is 2.89. The van der Waals surface area contributed by atoms with E-state index in [-0.39, 0.29) is 6.10 Å². The van der Waals surface area contributed by atoms with Crippen molar-refractivity contribution in [3.8, 4) is 5.75 Å². The first kappa shape index (κ1) is 19.3. The van der Waals surface area contributed by atoms with Crippen LogP contribution in [0.25, 0.3) is 11.2 Å². The van der Waals surface area contributed by atoms with E-state index in [4.69, 9.17) is 9.26 Å². The summed E-state index contributed by atoms with van der Waals surface area (Å²) >= 11 is 0. The molecular weight excluding hydrogens is 369 g/mol. The van der Waals surface area contributed by atoms with Crippen molar-refractivity contribution >= 4 is 24.6 Å². The number of nitrogens with one attached hydrogen (secondary N) is 1. The lowest BCUT2D eigenvalue weighted by molar-refractivity contribution is 0.0772. The van der Waals surface area contributed by atoms with Gasteiger partial charge in [-0.15, -0.1) is 0 Å². The van der Waals surface area contributed by atoms with Gasteiger partial charge in [0.25, 0.3) is 0 Å². The number of para-hydroxylation sites is 1. The Kier molecular flexibility index (Phi) is 6.05. The van der Waals surface area contributed by atoms with Crippen molar-refractivity contribution in [3.05, 3.63) is 43.0 Å². The molecule has 3 rings (SSSR count). The number of fused-ring (bicyclic) bond motifs is 1. The molecule has 2 N–H and O–H groups in total. The second-order valence-corrected chi connectivity index (χ2v) is 7.69. The van der Waals surface area contributed by atoms with Gasteiger partial charge in [-0.2, -0.15) is 0 Å². The van der Waals surface area contributed by atoms with E-state index in [0.29, 0.717) is 29.3 Å². The molecule has 144 valence electrons. The Morgan fingerprint density at radius 3 is 2.78 bits per heavy atom. The topological polar surface area (TPSA) is 111 Å². The highest BCUT2D eigenvalue weighted by molar-refractivity contribution is 7.53. The van der Waals surface area contributed by atoms with Crippen molar-refractivity contribution in [2.45, 2.75) is 26.5 Å². The molecule has 0 fully saturated rings. The molecule has 1 unspecified atom stereocenters. The fourth-order valence-electron chi connectivity index (χ4n) is 2.53. The Hall–Kier alpha value is -2.48. The summed E-state index contributed by atoms with van der Waals surface area (Å²) in [7, 11) is -3.91. The maximum atomic E-state index is 12.2. The first-order valence-corrected chi connectivity index (χ1v) is 10.3. The number of nitrogens with zero attached hydrogens (tertiary/aromatic N) is 4. The largest absolute Gasteiger partial charge is 0.423 e. The van der Waals surface area contributed by atoms with Crippen molar-refractivity contribution in [1.29, 1.82) is 0 Å². The van der Waals surface area contributed by atoms with Crippen LogP contribution < -0.4 is 9.84 Å². The van der Waals surface area contributed by atoms with Crippen LogP contribution in [0.15, 0.2) is 43.0 Å². The number of imidazole rings is 1. The smallest absolute Gasteiger partial charge is 0.402 e. The number of hydrogen-bond acceptors (Lipinski definition) is 7. The van der Waals surface area contributed by atoms with E-state index < -0.39 is 13.9 Å². The van der Waals surface area contributed by atoms with Gasteiger partial charge in [-0.3, -0.25) is 0 Å². The van der Waals surface area contributed by atoms with Gasteiger partial charge in [0.1, 0.15) is 17.6 Å². The summed E-state index contributed by atoms with van der Waals surface area (Å²) < 4.78 is 24.7. The maximum Gasteiger partial charge on any atom is 0.402 e. The predicted molar refractivity (Wildman–Crippen MR) is 102 cm³/mol. The van der Waals surface area contributed by atoms with Crippen LogP contribution in [0.3, 0.4) is 0 Å². The van der Waals surface area contributed by atoms with Crippen molar-refractivity contribution in [2.24, 2.45) is 0 Å². The van der Waals surface area contributed by atoms with Crippen LogP contribution in [-0.2, 0) is 15.8 Å². The number of rotatable bonds is 9. The summed E-state index contributed by atoms with van der Waals surface area (Å²) in [5.74, 6) is 0.999. The molecule has 0 amide bonds. The number of hydrogen-bond donors (Lipinski definition) is 2. The normalized spacial score (nSPS) is 14.6.